The lowest BCUT2D eigenvalue weighted by Gasteiger charge is -2.28. The number of hydrogen-bond acceptors (Lipinski definition) is 16. The summed E-state index contributed by atoms with van der Waals surface area (Å²) in [6, 6.07) is 3.29. The number of aliphatic hydroxyl groups excluding tert-OH is 2. The molecule has 2 aromatic carbocycles. The third-order valence-corrected chi connectivity index (χ3v) is 14.2. The average molecular weight is 1610 g/mol. The zero-order valence-corrected chi connectivity index (χ0v) is 48.6. The normalized spacial score (nSPS) is 15.0. The molecule has 0 bridgehead atoms. The van der Waals surface area contributed by atoms with E-state index in [0.717, 1.165) is 27.7 Å². The molecule has 0 saturated heterocycles. The Balaban J connectivity index is 1.68. The summed E-state index contributed by atoms with van der Waals surface area (Å²) in [6.07, 6.45) is 0. The number of carbonyl (C=O) groups is 6. The predicted octanol–water partition coefficient (Wildman–Crippen LogP) is 0.553. The van der Waals surface area contributed by atoms with Crippen molar-refractivity contribution in [1.82, 2.24) is 21.3 Å². The SMILES string of the molecule is CC(O)(CO)NC(=O)C(C)(O)C(=O)Nc1c(I)cc(I)c(C(=O)NCCOCCOCCOCCOCCNC(=O)c2c(I)cc(I)c(NC(=O)C(C)(O)C(=O)NC(C)(O)CO)c2I)c1I. The van der Waals surface area contributed by atoms with Crippen LogP contribution in [0.3, 0.4) is 0 Å². The molecule has 22 nitrogen and oxygen atoms in total. The van der Waals surface area contributed by atoms with E-state index in [4.69, 9.17) is 18.9 Å². The number of amides is 6. The van der Waals surface area contributed by atoms with Crippen LogP contribution < -0.4 is 31.9 Å². The molecule has 0 aliphatic carbocycles. The molecule has 0 aromatic heterocycles. The maximum Gasteiger partial charge on any atom is 0.265 e. The topological polar surface area (TPSA) is 333 Å². The molecule has 12 N–H and O–H groups in total. The number of hydrogen-bond donors (Lipinski definition) is 12. The Morgan fingerprint density at radius 1 is 0.485 bits per heavy atom. The van der Waals surface area contributed by atoms with Gasteiger partial charge in [0.2, 0.25) is 11.2 Å². The highest BCUT2D eigenvalue weighted by Crippen LogP contribution is 2.34. The van der Waals surface area contributed by atoms with E-state index < -0.39 is 71.3 Å². The lowest BCUT2D eigenvalue weighted by Crippen LogP contribution is -2.60. The second-order valence-electron chi connectivity index (χ2n) is 14.6. The first kappa shape index (κ1) is 61.4. The quantitative estimate of drug-likeness (QED) is 0.0252. The van der Waals surface area contributed by atoms with Crippen molar-refractivity contribution >= 4 is 182 Å². The highest BCUT2D eigenvalue weighted by molar-refractivity contribution is 14.1. The van der Waals surface area contributed by atoms with Crippen molar-refractivity contribution in [3.8, 4) is 0 Å². The van der Waals surface area contributed by atoms with Crippen LogP contribution in [0.4, 0.5) is 11.4 Å². The number of anilines is 2. The number of carbonyl (C=O) groups excluding carboxylic acids is 6. The van der Waals surface area contributed by atoms with Crippen LogP contribution in [-0.2, 0) is 38.1 Å². The Kier molecular flexibility index (Phi) is 26.3. The Hall–Kier alpha value is -0.760. The molecular formula is C38H50I6N6O16. The van der Waals surface area contributed by atoms with Gasteiger partial charge in [0.1, 0.15) is 0 Å². The van der Waals surface area contributed by atoms with E-state index >= 15 is 0 Å². The van der Waals surface area contributed by atoms with Crippen molar-refractivity contribution in [3.05, 3.63) is 44.7 Å². The fraction of sp³-hybridized carbons (Fsp3) is 0.526. The molecule has 0 radical (unpaired) electrons. The Morgan fingerprint density at radius 2 is 0.773 bits per heavy atom. The van der Waals surface area contributed by atoms with Gasteiger partial charge in [-0.05, 0) is 175 Å². The van der Waals surface area contributed by atoms with Crippen LogP contribution in [0.25, 0.3) is 0 Å². The van der Waals surface area contributed by atoms with Crippen LogP contribution in [0, 0.1) is 21.4 Å². The van der Waals surface area contributed by atoms with Crippen LogP contribution >= 0.6 is 136 Å². The van der Waals surface area contributed by atoms with Crippen LogP contribution in [0.5, 0.6) is 0 Å². The molecule has 0 heterocycles. The van der Waals surface area contributed by atoms with Crippen molar-refractivity contribution in [1.29, 1.82) is 0 Å². The molecule has 0 aliphatic rings. The largest absolute Gasteiger partial charge is 0.391 e. The molecule has 0 fully saturated rings. The lowest BCUT2D eigenvalue weighted by molar-refractivity contribution is -0.155. The molecule has 4 atom stereocenters. The Bertz CT molecular complexity index is 1930. The van der Waals surface area contributed by atoms with E-state index in [0.29, 0.717) is 21.4 Å². The summed E-state index contributed by atoms with van der Waals surface area (Å²) in [4.78, 5) is 77.2. The van der Waals surface area contributed by atoms with E-state index in [1.807, 2.05) is 146 Å². The second-order valence-corrected chi connectivity index (χ2v) is 21.4. The van der Waals surface area contributed by atoms with Crippen molar-refractivity contribution in [2.75, 3.05) is 89.8 Å². The molecule has 2 aromatic rings. The average Bonchev–Trinajstić information content (AvgIpc) is 3.22. The number of aliphatic hydroxyl groups is 6. The number of rotatable bonds is 27. The summed E-state index contributed by atoms with van der Waals surface area (Å²) < 4.78 is 25.0. The van der Waals surface area contributed by atoms with Gasteiger partial charge < -0.3 is 81.5 Å². The fourth-order valence-corrected chi connectivity index (χ4v) is 13.0. The molecule has 6 amide bonds. The summed E-state index contributed by atoms with van der Waals surface area (Å²) in [6.45, 7) is 4.57. The maximum absolute atomic E-state index is 13.1. The summed E-state index contributed by atoms with van der Waals surface area (Å²) >= 11 is 11.6. The van der Waals surface area contributed by atoms with Gasteiger partial charge in [-0.2, -0.15) is 0 Å². The van der Waals surface area contributed by atoms with Gasteiger partial charge in [-0.25, -0.2) is 0 Å². The van der Waals surface area contributed by atoms with Gasteiger partial charge >= 0.3 is 0 Å². The van der Waals surface area contributed by atoms with Crippen LogP contribution in [0.15, 0.2) is 12.1 Å². The highest BCUT2D eigenvalue weighted by Gasteiger charge is 2.43. The molecule has 66 heavy (non-hydrogen) atoms. The van der Waals surface area contributed by atoms with Crippen LogP contribution in [0.1, 0.15) is 48.4 Å². The van der Waals surface area contributed by atoms with Gasteiger partial charge in [-0.3, -0.25) is 28.8 Å². The lowest BCUT2D eigenvalue weighted by atomic mass is 10.0. The van der Waals surface area contributed by atoms with E-state index in [2.05, 4.69) is 21.3 Å². The maximum atomic E-state index is 13.1. The van der Waals surface area contributed by atoms with E-state index in [-0.39, 0.29) is 88.4 Å². The molecule has 370 valence electrons. The molecule has 2 rings (SSSR count). The van der Waals surface area contributed by atoms with E-state index in [1.54, 1.807) is 12.1 Å². The summed E-state index contributed by atoms with van der Waals surface area (Å²) in [5.41, 5.74) is -8.55. The second kappa shape index (κ2) is 28.3. The third kappa shape index (κ3) is 18.8. The first-order valence-corrected chi connectivity index (χ1v) is 25.7. The molecule has 0 spiro atoms. The molecule has 4 unspecified atom stereocenters. The first-order valence-electron chi connectivity index (χ1n) is 19.3. The van der Waals surface area contributed by atoms with Gasteiger partial charge in [0.05, 0.1) is 95.7 Å². The van der Waals surface area contributed by atoms with Crippen molar-refractivity contribution in [2.45, 2.75) is 50.3 Å². The number of nitrogens with one attached hydrogen (secondary N) is 6. The van der Waals surface area contributed by atoms with Crippen molar-refractivity contribution in [3.63, 3.8) is 0 Å². The first-order chi connectivity index (χ1) is 30.6. The zero-order chi connectivity index (χ0) is 50.2. The molecule has 0 saturated carbocycles. The van der Waals surface area contributed by atoms with Crippen molar-refractivity contribution in [2.24, 2.45) is 0 Å². The van der Waals surface area contributed by atoms with Gasteiger partial charge in [-0.1, -0.05) is 0 Å². The third-order valence-electron chi connectivity index (χ3n) is 8.60. The van der Waals surface area contributed by atoms with Gasteiger partial charge in [0, 0.05) is 27.4 Å². The van der Waals surface area contributed by atoms with Crippen LogP contribution in [0.2, 0.25) is 0 Å². The summed E-state index contributed by atoms with van der Waals surface area (Å²) in [5, 5.41) is 74.0. The van der Waals surface area contributed by atoms with E-state index in [9.17, 15) is 59.4 Å². The molecule has 0 aliphatic heterocycles. The minimum atomic E-state index is -2.64. The van der Waals surface area contributed by atoms with Gasteiger partial charge in [0.25, 0.3) is 35.4 Å². The standard InChI is InChI=1S/C38H50I6N6O16/c1-35(59,17-51)49-33(57)37(3,61)31(55)47-27-21(41)15-19(39)23(25(27)43)29(53)45-5-7-63-9-11-65-13-14-66-12-10-64-8-6-46-30(54)24-20(40)16-22(42)28(26(24)44)48-32(56)38(4,62)34(58)50-36(2,60)18-52/h15-16,51-52,59-62H,5-14,17-18H2,1-4H3,(H,45,53)(H,46,54)(H,47,55)(H,48,56)(H,49,57)(H,50,58). The minimum Gasteiger partial charge on any atom is -0.391 e. The zero-order valence-electron chi connectivity index (χ0n) is 35.7. The summed E-state index contributed by atoms with van der Waals surface area (Å²) in [5.74, 6) is -5.65. The number of halogens is 6. The van der Waals surface area contributed by atoms with Crippen LogP contribution in [-0.4, -0.2) is 168 Å². The van der Waals surface area contributed by atoms with Gasteiger partial charge in [-0.15, -0.1) is 0 Å². The minimum absolute atomic E-state index is 0.157. The van der Waals surface area contributed by atoms with Crippen molar-refractivity contribution < 1.29 is 78.4 Å². The summed E-state index contributed by atoms with van der Waals surface area (Å²) in [7, 11) is 0. The smallest absolute Gasteiger partial charge is 0.265 e. The van der Waals surface area contributed by atoms with Gasteiger partial charge in [0.15, 0.2) is 11.4 Å². The monoisotopic (exact) mass is 1610 g/mol. The van der Waals surface area contributed by atoms with E-state index in [1.165, 1.54) is 0 Å². The number of ether oxygens (including phenoxy) is 4. The Labute approximate surface area is 461 Å². The number of benzene rings is 2. The highest BCUT2D eigenvalue weighted by atomic mass is 127. The Morgan fingerprint density at radius 3 is 1.06 bits per heavy atom. The predicted molar refractivity (Wildman–Crippen MR) is 287 cm³/mol. The molecule has 28 heteroatoms. The molecular weight excluding hydrogens is 1560 g/mol. The fourth-order valence-electron chi connectivity index (χ4n) is 4.73.